The van der Waals surface area contributed by atoms with Crippen molar-refractivity contribution in [3.05, 3.63) is 47.2 Å². The van der Waals surface area contributed by atoms with E-state index in [1.54, 1.807) is 0 Å². The molecule has 0 aliphatic carbocycles. The maximum Gasteiger partial charge on any atom is 0.300 e. The molecule has 1 aliphatic heterocycles. The Hall–Kier alpha value is -3.01. The van der Waals surface area contributed by atoms with Gasteiger partial charge in [0.15, 0.2) is 24.0 Å². The number of hydrogen-bond donors (Lipinski definition) is 2. The zero-order chi connectivity index (χ0) is 19.9. The summed E-state index contributed by atoms with van der Waals surface area (Å²) in [5, 5.41) is 3.10. The van der Waals surface area contributed by atoms with Crippen LogP contribution in [0.25, 0.3) is 11.0 Å². The van der Waals surface area contributed by atoms with Crippen LogP contribution >= 0.6 is 11.6 Å². The van der Waals surface area contributed by atoms with E-state index in [9.17, 15) is 17.6 Å². The van der Waals surface area contributed by atoms with Gasteiger partial charge in [-0.25, -0.2) is 27.5 Å². The lowest BCUT2D eigenvalue weighted by Crippen LogP contribution is -2.36. The number of ether oxygens (including phenoxy) is 2. The number of nitrogens with one attached hydrogen (secondary N) is 2. The van der Waals surface area contributed by atoms with E-state index in [-0.39, 0.29) is 22.5 Å². The first-order valence-electron chi connectivity index (χ1n) is 7.93. The summed E-state index contributed by atoms with van der Waals surface area (Å²) >= 11 is 6.05. The van der Waals surface area contributed by atoms with Crippen molar-refractivity contribution in [1.82, 2.24) is 9.97 Å². The quantitative estimate of drug-likeness (QED) is 0.608. The minimum atomic E-state index is -3.07. The third-order valence-corrected chi connectivity index (χ3v) is 4.12. The van der Waals surface area contributed by atoms with Gasteiger partial charge < -0.3 is 19.8 Å². The molecule has 0 atom stereocenters. The van der Waals surface area contributed by atoms with Crippen molar-refractivity contribution in [1.29, 1.82) is 0 Å². The number of amidine groups is 1. The van der Waals surface area contributed by atoms with Gasteiger partial charge in [0, 0.05) is 30.2 Å². The zero-order valence-corrected chi connectivity index (χ0v) is 14.7. The molecule has 0 saturated carbocycles. The Morgan fingerprint density at radius 1 is 1.25 bits per heavy atom. The summed E-state index contributed by atoms with van der Waals surface area (Å²) in [7, 11) is 0. The number of halogens is 5. The van der Waals surface area contributed by atoms with Gasteiger partial charge in [0.25, 0.3) is 6.02 Å². The fraction of sp³-hybridized carbons (Fsp3) is 0.176. The molecule has 2 aromatic heterocycles. The van der Waals surface area contributed by atoms with Crippen LogP contribution in [0.4, 0.5) is 23.2 Å². The molecular weight excluding hydrogens is 404 g/mol. The third kappa shape index (κ3) is 3.55. The van der Waals surface area contributed by atoms with Crippen LogP contribution in [-0.4, -0.2) is 35.1 Å². The summed E-state index contributed by atoms with van der Waals surface area (Å²) in [6.07, 6.45) is 2.87. The van der Waals surface area contributed by atoms with E-state index in [4.69, 9.17) is 21.1 Å². The molecule has 4 rings (SSSR count). The van der Waals surface area contributed by atoms with Crippen molar-refractivity contribution in [3.63, 3.8) is 0 Å². The maximum absolute atomic E-state index is 14.4. The van der Waals surface area contributed by atoms with Crippen molar-refractivity contribution < 1.29 is 27.0 Å². The second-order valence-electron chi connectivity index (χ2n) is 5.93. The first-order valence-corrected chi connectivity index (χ1v) is 8.31. The molecule has 146 valence electrons. The first kappa shape index (κ1) is 18.4. The van der Waals surface area contributed by atoms with Crippen LogP contribution in [-0.2, 0) is 4.74 Å². The Labute approximate surface area is 160 Å². The smallest absolute Gasteiger partial charge is 0.300 e. The average Bonchev–Trinajstić information content (AvgIpc) is 3.02. The largest absolute Gasteiger partial charge is 0.459 e. The molecule has 0 saturated heterocycles. The van der Waals surface area contributed by atoms with Gasteiger partial charge >= 0.3 is 5.92 Å². The number of aromatic amines is 1. The van der Waals surface area contributed by atoms with Crippen LogP contribution < -0.4 is 10.1 Å². The molecule has 0 fully saturated rings. The molecule has 0 amide bonds. The summed E-state index contributed by atoms with van der Waals surface area (Å²) in [6.45, 7) is -1.66. The lowest BCUT2D eigenvalue weighted by atomic mass is 10.2. The van der Waals surface area contributed by atoms with Crippen LogP contribution in [0.1, 0.15) is 0 Å². The molecule has 0 bridgehead atoms. The van der Waals surface area contributed by atoms with Gasteiger partial charge in [0.2, 0.25) is 0 Å². The Balaban J connectivity index is 1.60. The molecule has 0 spiro atoms. The second-order valence-corrected chi connectivity index (χ2v) is 6.34. The van der Waals surface area contributed by atoms with Gasteiger partial charge in [-0.3, -0.25) is 0 Å². The van der Waals surface area contributed by atoms with Gasteiger partial charge in [-0.2, -0.15) is 0 Å². The number of alkyl halides is 2. The van der Waals surface area contributed by atoms with Crippen molar-refractivity contribution >= 4 is 34.3 Å². The highest BCUT2D eigenvalue weighted by molar-refractivity contribution is 6.36. The highest BCUT2D eigenvalue weighted by Crippen LogP contribution is 2.36. The highest BCUT2D eigenvalue weighted by Gasteiger charge is 2.34. The number of H-pyrrole nitrogens is 1. The number of pyridine rings is 1. The topological polar surface area (TPSA) is 71.5 Å². The fourth-order valence-electron chi connectivity index (χ4n) is 2.56. The van der Waals surface area contributed by atoms with Crippen LogP contribution in [0.5, 0.6) is 11.5 Å². The molecule has 11 heteroatoms. The van der Waals surface area contributed by atoms with E-state index in [1.807, 2.05) is 0 Å². The van der Waals surface area contributed by atoms with E-state index < -0.39 is 36.5 Å². The fourth-order valence-corrected chi connectivity index (χ4v) is 2.80. The molecule has 1 aliphatic rings. The SMILES string of the molecule is Fc1cc(NC2=NCC(F)(F)CO2)cc(F)c1Oc1ccnc2[nH]cc(Cl)c12. The molecular formula is C17H11ClF4N4O2. The molecule has 1 aromatic carbocycles. The number of hydrogen-bond acceptors (Lipinski definition) is 5. The maximum atomic E-state index is 14.4. The van der Waals surface area contributed by atoms with Gasteiger partial charge in [-0.1, -0.05) is 11.6 Å². The summed E-state index contributed by atoms with van der Waals surface area (Å²) in [6, 6.07) is 3.01. The molecule has 28 heavy (non-hydrogen) atoms. The number of aliphatic imine (C=N–C) groups is 1. The molecule has 2 N–H and O–H groups in total. The van der Waals surface area contributed by atoms with Gasteiger partial charge in [0.05, 0.1) is 10.4 Å². The first-order chi connectivity index (χ1) is 13.3. The number of nitrogens with zero attached hydrogens (tertiary/aromatic N) is 2. The molecule has 0 unspecified atom stereocenters. The highest BCUT2D eigenvalue weighted by atomic mass is 35.5. The Kier molecular flexibility index (Phi) is 4.50. The minimum absolute atomic E-state index is 0.0779. The summed E-state index contributed by atoms with van der Waals surface area (Å²) in [4.78, 5) is 10.3. The predicted octanol–water partition coefficient (Wildman–Crippen LogP) is 4.72. The summed E-state index contributed by atoms with van der Waals surface area (Å²) in [5.74, 6) is -5.68. The van der Waals surface area contributed by atoms with Crippen LogP contribution in [0.2, 0.25) is 5.02 Å². The average molecular weight is 415 g/mol. The summed E-state index contributed by atoms with van der Waals surface area (Å²) < 4.78 is 65.0. The van der Waals surface area contributed by atoms with Crippen LogP contribution in [0, 0.1) is 11.6 Å². The lowest BCUT2D eigenvalue weighted by molar-refractivity contribution is -0.0456. The zero-order valence-electron chi connectivity index (χ0n) is 13.9. The van der Waals surface area contributed by atoms with E-state index in [0.717, 1.165) is 12.1 Å². The predicted molar refractivity (Wildman–Crippen MR) is 94.4 cm³/mol. The number of anilines is 1. The number of fused-ring (bicyclic) bond motifs is 1. The third-order valence-electron chi connectivity index (χ3n) is 3.82. The van der Waals surface area contributed by atoms with Crippen LogP contribution in [0.15, 0.2) is 35.6 Å². The normalized spacial score (nSPS) is 15.8. The van der Waals surface area contributed by atoms with Crippen molar-refractivity contribution in [2.45, 2.75) is 5.92 Å². The number of rotatable bonds is 3. The van der Waals surface area contributed by atoms with E-state index in [2.05, 4.69) is 20.3 Å². The molecule has 3 heterocycles. The van der Waals surface area contributed by atoms with Gasteiger partial charge in [0.1, 0.15) is 17.9 Å². The van der Waals surface area contributed by atoms with Crippen molar-refractivity contribution in [2.75, 3.05) is 18.5 Å². The van der Waals surface area contributed by atoms with Gasteiger partial charge in [-0.15, -0.1) is 0 Å². The monoisotopic (exact) mass is 414 g/mol. The Bertz CT molecular complexity index is 1060. The van der Waals surface area contributed by atoms with E-state index in [1.165, 1.54) is 18.5 Å². The van der Waals surface area contributed by atoms with E-state index >= 15 is 0 Å². The molecule has 3 aromatic rings. The van der Waals surface area contributed by atoms with Crippen molar-refractivity contribution in [2.24, 2.45) is 4.99 Å². The standard InChI is InChI=1S/C17H11ClF4N4O2/c18-9-5-24-15-13(9)12(1-2-23-15)28-14-10(19)3-8(4-11(14)20)26-16-25-6-17(21,22)7-27-16/h1-5H,6-7H2,(H,23,24)(H,25,26). The second kappa shape index (κ2) is 6.86. The van der Waals surface area contributed by atoms with E-state index in [0.29, 0.717) is 11.0 Å². The van der Waals surface area contributed by atoms with Crippen molar-refractivity contribution in [3.8, 4) is 11.5 Å². The Morgan fingerprint density at radius 3 is 2.68 bits per heavy atom. The Morgan fingerprint density at radius 2 is 2.00 bits per heavy atom. The summed E-state index contributed by atoms with van der Waals surface area (Å²) in [5.41, 5.74) is 0.316. The number of aromatic nitrogens is 2. The van der Waals surface area contributed by atoms with Crippen LogP contribution in [0.3, 0.4) is 0 Å². The number of benzene rings is 1. The lowest BCUT2D eigenvalue weighted by Gasteiger charge is -2.22. The molecule has 0 radical (unpaired) electrons. The minimum Gasteiger partial charge on any atom is -0.459 e. The molecule has 6 nitrogen and oxygen atoms in total. The van der Waals surface area contributed by atoms with Gasteiger partial charge in [-0.05, 0) is 6.07 Å².